The van der Waals surface area contributed by atoms with Gasteiger partial charge in [0, 0.05) is 69.4 Å². The van der Waals surface area contributed by atoms with E-state index in [0.29, 0.717) is 54.5 Å². The molecule has 0 aromatic heterocycles. The number of nitrogens with one attached hydrogen (secondary N) is 2. The molecule has 2 N–H and O–H groups in total. The second-order valence-corrected chi connectivity index (χ2v) is 15.8. The third kappa shape index (κ3) is 15.9. The predicted molar refractivity (Wildman–Crippen MR) is 253 cm³/mol. The van der Waals surface area contributed by atoms with Gasteiger partial charge in [-0.15, -0.1) is 10.2 Å². The first-order valence-electron chi connectivity index (χ1n) is 22.6. The summed E-state index contributed by atoms with van der Waals surface area (Å²) in [7, 11) is 3.11. The van der Waals surface area contributed by atoms with Crippen LogP contribution < -0.4 is 25.0 Å². The largest absolute Gasteiger partial charge is 0.494 e. The molecule has 4 aromatic carbocycles. The summed E-state index contributed by atoms with van der Waals surface area (Å²) in [6.07, 6.45) is 14.6. The second-order valence-electron chi connectivity index (χ2n) is 15.8. The first kappa shape index (κ1) is 51.0. The van der Waals surface area contributed by atoms with Crippen molar-refractivity contribution in [1.29, 1.82) is 0 Å². The van der Waals surface area contributed by atoms with E-state index in [1.54, 1.807) is 38.3 Å². The van der Waals surface area contributed by atoms with Crippen LogP contribution in [0.3, 0.4) is 0 Å². The van der Waals surface area contributed by atoms with E-state index in [1.165, 1.54) is 90.0 Å². The van der Waals surface area contributed by atoms with Crippen LogP contribution in [0.25, 0.3) is 10.8 Å². The highest BCUT2D eigenvalue weighted by Gasteiger charge is 2.36. The third-order valence-corrected chi connectivity index (χ3v) is 11.0. The molecular weight excluding hydrogens is 817 g/mol. The van der Waals surface area contributed by atoms with Gasteiger partial charge in [0.15, 0.2) is 12.5 Å². The minimum atomic E-state index is -1.49. The van der Waals surface area contributed by atoms with Crippen LogP contribution in [0.15, 0.2) is 83.0 Å². The Morgan fingerprint density at radius 1 is 0.812 bits per heavy atom. The minimum absolute atomic E-state index is 0.0142. The summed E-state index contributed by atoms with van der Waals surface area (Å²) in [6, 6.07) is 20.7. The topological polar surface area (TPSA) is 175 Å². The van der Waals surface area contributed by atoms with Crippen LogP contribution in [0, 0.1) is 10.1 Å². The van der Waals surface area contributed by atoms with E-state index in [4.69, 9.17) is 23.7 Å². The molecule has 0 fully saturated rings. The van der Waals surface area contributed by atoms with E-state index in [1.807, 2.05) is 49.1 Å². The molecule has 64 heavy (non-hydrogen) atoms. The molecule has 2 amide bonds. The number of methoxy groups -OCH3 is 2. The highest BCUT2D eigenvalue weighted by Crippen LogP contribution is 2.39. The summed E-state index contributed by atoms with van der Waals surface area (Å²) in [6.45, 7) is 9.91. The van der Waals surface area contributed by atoms with E-state index in [2.05, 4.69) is 27.8 Å². The lowest BCUT2D eigenvalue weighted by atomic mass is 10.0. The van der Waals surface area contributed by atoms with Gasteiger partial charge in [0.1, 0.15) is 17.1 Å². The Hall–Kier alpha value is -5.64. The average molecular weight is 885 g/mol. The average Bonchev–Trinajstić information content (AvgIpc) is 3.27. The molecule has 2 atom stereocenters. The minimum Gasteiger partial charge on any atom is -0.494 e. The molecule has 0 aliphatic rings. The van der Waals surface area contributed by atoms with Crippen LogP contribution in [-0.2, 0) is 23.8 Å². The normalized spacial score (nSPS) is 12.8. The zero-order chi connectivity index (χ0) is 46.3. The van der Waals surface area contributed by atoms with Crippen LogP contribution in [0.5, 0.6) is 11.5 Å². The van der Waals surface area contributed by atoms with Gasteiger partial charge in [0.05, 0.1) is 29.9 Å². The summed E-state index contributed by atoms with van der Waals surface area (Å²) in [5.41, 5.74) is 1.95. The van der Waals surface area contributed by atoms with Gasteiger partial charge in [-0.2, -0.15) is 0 Å². The number of hydrogen-bond donors (Lipinski definition) is 2. The maximum Gasteiger partial charge on any atom is 0.293 e. The maximum atomic E-state index is 13.4. The standard InChI is InChI=1S/C49H68N6O9/c1-8-11-12-13-14-15-16-17-18-19-23-41(60-6)27-30-48(57)51-38-31-37-22-20-21-24-42(37)46(32-38)64-49(5,63-35-62-10-3)54(9-2)39-25-28-43(45(33-39)50-36(4)56)52-53-44-29-26-40(55(58)59)34-47(44)61-7/h20-22,24-26,28-29,31-34,41H,8-19,23,27,30,35H2,1-7H3,(H,50,56)(H,51,57). The molecule has 0 spiro atoms. The fourth-order valence-electron chi connectivity index (χ4n) is 7.53. The van der Waals surface area contributed by atoms with Gasteiger partial charge in [-0.3, -0.25) is 24.4 Å². The van der Waals surface area contributed by atoms with Crippen LogP contribution in [0.2, 0.25) is 0 Å². The summed E-state index contributed by atoms with van der Waals surface area (Å²) < 4.78 is 30.0. The predicted octanol–water partition coefficient (Wildman–Crippen LogP) is 12.8. The molecule has 15 heteroatoms. The van der Waals surface area contributed by atoms with E-state index >= 15 is 0 Å². The zero-order valence-electron chi connectivity index (χ0n) is 38.8. The Morgan fingerprint density at radius 2 is 1.50 bits per heavy atom. The number of azo groups is 1. The van der Waals surface area contributed by atoms with Crippen molar-refractivity contribution >= 4 is 56.7 Å². The number of benzene rings is 4. The maximum absolute atomic E-state index is 13.4. The molecule has 2 unspecified atom stereocenters. The third-order valence-electron chi connectivity index (χ3n) is 11.0. The number of unbranched alkanes of at least 4 members (excludes halogenated alkanes) is 9. The second kappa shape index (κ2) is 26.9. The number of nitrogens with zero attached hydrogens (tertiary/aromatic N) is 4. The van der Waals surface area contributed by atoms with Gasteiger partial charge in [-0.1, -0.05) is 95.4 Å². The van der Waals surface area contributed by atoms with Gasteiger partial charge in [0.25, 0.3) is 11.6 Å². The number of ether oxygens (including phenoxy) is 5. The van der Waals surface area contributed by atoms with Crippen molar-refractivity contribution in [2.75, 3.05) is 49.7 Å². The number of nitro groups is 1. The van der Waals surface area contributed by atoms with Crippen molar-refractivity contribution in [2.24, 2.45) is 10.2 Å². The Morgan fingerprint density at radius 3 is 2.16 bits per heavy atom. The molecule has 0 bridgehead atoms. The Balaban J connectivity index is 1.54. The van der Waals surface area contributed by atoms with E-state index in [9.17, 15) is 19.7 Å². The van der Waals surface area contributed by atoms with Crippen LogP contribution in [0.4, 0.5) is 34.1 Å². The highest BCUT2D eigenvalue weighted by molar-refractivity contribution is 5.97. The van der Waals surface area contributed by atoms with Gasteiger partial charge >= 0.3 is 0 Å². The van der Waals surface area contributed by atoms with E-state index < -0.39 is 10.8 Å². The quantitative estimate of drug-likeness (QED) is 0.0168. The number of carbonyl (C=O) groups excluding carboxylic acids is 2. The van der Waals surface area contributed by atoms with E-state index in [-0.39, 0.29) is 41.8 Å². The number of carbonyl (C=O) groups is 2. The van der Waals surface area contributed by atoms with Crippen molar-refractivity contribution in [1.82, 2.24) is 0 Å². The van der Waals surface area contributed by atoms with Gasteiger partial charge < -0.3 is 34.5 Å². The SMILES string of the molecule is CCCCCCCCCCCCC(CCC(=O)Nc1cc(OC(C)(OCOCC)N(CC)c2ccc(N=Nc3ccc([N+](=O)[O-])cc3OC)c(NC(C)=O)c2)c2ccccc2c1)OC. The number of non-ortho nitro benzene ring substituents is 1. The van der Waals surface area contributed by atoms with Gasteiger partial charge in [-0.25, -0.2) is 0 Å². The molecule has 0 heterocycles. The van der Waals surface area contributed by atoms with Gasteiger partial charge in [0.2, 0.25) is 11.8 Å². The number of hydrogen-bond acceptors (Lipinski definition) is 12. The number of amides is 2. The molecule has 0 aliphatic heterocycles. The molecule has 348 valence electrons. The smallest absolute Gasteiger partial charge is 0.293 e. The number of rotatable bonds is 30. The summed E-state index contributed by atoms with van der Waals surface area (Å²) in [4.78, 5) is 38.5. The lowest BCUT2D eigenvalue weighted by Gasteiger charge is -2.41. The first-order valence-corrected chi connectivity index (χ1v) is 22.6. The molecule has 0 saturated heterocycles. The molecule has 4 rings (SSSR count). The first-order chi connectivity index (χ1) is 30.9. The molecular formula is C49H68N6O9. The Bertz CT molecular complexity index is 2130. The lowest BCUT2D eigenvalue weighted by molar-refractivity contribution is -0.384. The van der Waals surface area contributed by atoms with Crippen molar-refractivity contribution in [3.63, 3.8) is 0 Å². The Labute approximate surface area is 378 Å². The number of fused-ring (bicyclic) bond motifs is 1. The van der Waals surface area contributed by atoms with Crippen LogP contribution >= 0.6 is 0 Å². The van der Waals surface area contributed by atoms with Crippen molar-refractivity contribution in [2.45, 2.75) is 130 Å². The van der Waals surface area contributed by atoms with Crippen LogP contribution in [-0.4, -0.2) is 62.9 Å². The number of anilines is 3. The van der Waals surface area contributed by atoms with Crippen LogP contribution in [0.1, 0.15) is 118 Å². The Kier molecular flexibility index (Phi) is 21.4. The van der Waals surface area contributed by atoms with E-state index in [0.717, 1.165) is 23.6 Å². The zero-order valence-corrected chi connectivity index (χ0v) is 38.8. The summed E-state index contributed by atoms with van der Waals surface area (Å²) in [5.74, 6) is -1.32. The van der Waals surface area contributed by atoms with Gasteiger partial charge in [-0.05, 0) is 62.4 Å². The molecule has 15 nitrogen and oxygen atoms in total. The van der Waals surface area contributed by atoms with Crippen molar-refractivity contribution in [3.05, 3.63) is 82.9 Å². The number of nitro benzene ring substituents is 1. The molecule has 0 saturated carbocycles. The lowest BCUT2D eigenvalue weighted by Crippen LogP contribution is -2.54. The molecule has 4 aromatic rings. The summed E-state index contributed by atoms with van der Waals surface area (Å²) >= 11 is 0. The molecule has 0 aliphatic carbocycles. The van der Waals surface area contributed by atoms with Crippen molar-refractivity contribution in [3.8, 4) is 11.5 Å². The molecule has 0 radical (unpaired) electrons. The highest BCUT2D eigenvalue weighted by atomic mass is 16.8. The van der Waals surface area contributed by atoms with Crippen molar-refractivity contribution < 1.29 is 38.2 Å². The summed E-state index contributed by atoms with van der Waals surface area (Å²) in [5, 5.41) is 27.6. The fourth-order valence-corrected chi connectivity index (χ4v) is 7.53. The fraction of sp³-hybridized carbons (Fsp3) is 0.510. The monoisotopic (exact) mass is 885 g/mol.